The third-order valence-corrected chi connectivity index (χ3v) is 6.15. The van der Waals surface area contributed by atoms with E-state index in [-0.39, 0.29) is 23.8 Å². The van der Waals surface area contributed by atoms with Gasteiger partial charge >= 0.3 is 0 Å². The number of nitrogens with one attached hydrogen (secondary N) is 1. The van der Waals surface area contributed by atoms with Gasteiger partial charge in [-0.1, -0.05) is 6.07 Å². The normalized spacial score (nSPS) is 24.2. The number of aromatic nitrogens is 3. The minimum atomic E-state index is -0.122. The number of carbonyl (C=O) groups is 2. The smallest absolute Gasteiger partial charge is 0.274 e. The van der Waals surface area contributed by atoms with E-state index in [9.17, 15) is 9.59 Å². The Morgan fingerprint density at radius 3 is 3.00 bits per heavy atom. The third-order valence-electron chi connectivity index (χ3n) is 6.15. The highest BCUT2D eigenvalue weighted by Crippen LogP contribution is 2.32. The average Bonchev–Trinajstić information content (AvgIpc) is 3.20. The molecule has 6 rings (SSSR count). The Morgan fingerprint density at radius 1 is 1.22 bits per heavy atom. The summed E-state index contributed by atoms with van der Waals surface area (Å²) in [6.07, 6.45) is 6.50. The molecule has 3 aliphatic heterocycles. The topological polar surface area (TPSA) is 82.2 Å². The van der Waals surface area contributed by atoms with E-state index in [0.717, 1.165) is 49.1 Å². The summed E-state index contributed by atoms with van der Waals surface area (Å²) in [7, 11) is 0. The summed E-state index contributed by atoms with van der Waals surface area (Å²) >= 11 is 0. The lowest BCUT2D eigenvalue weighted by Gasteiger charge is -2.35. The van der Waals surface area contributed by atoms with Crippen molar-refractivity contribution < 1.29 is 9.59 Å². The molecule has 4 aliphatic rings. The predicted octanol–water partition coefficient (Wildman–Crippen LogP) is 1.56. The monoisotopic (exact) mass is 365 g/mol. The van der Waals surface area contributed by atoms with E-state index >= 15 is 0 Å². The molecule has 1 aliphatic carbocycles. The molecule has 2 aromatic heterocycles. The van der Waals surface area contributed by atoms with Crippen molar-refractivity contribution in [3.05, 3.63) is 47.0 Å². The minimum Gasteiger partial charge on any atom is -0.334 e. The molecule has 1 N–H and O–H groups in total. The van der Waals surface area contributed by atoms with Crippen molar-refractivity contribution in [1.82, 2.24) is 25.0 Å². The summed E-state index contributed by atoms with van der Waals surface area (Å²) in [5, 5.41) is 7.32. The number of amides is 2. The minimum absolute atomic E-state index is 0.0289. The molecule has 3 fully saturated rings. The lowest BCUT2D eigenvalue weighted by atomic mass is 9.94. The van der Waals surface area contributed by atoms with Gasteiger partial charge in [0.25, 0.3) is 5.91 Å². The molecule has 5 heterocycles. The molecule has 0 aromatic carbocycles. The van der Waals surface area contributed by atoms with Gasteiger partial charge in [-0.05, 0) is 44.2 Å². The number of nitrogens with zero attached hydrogens (tertiary/aromatic N) is 4. The largest absolute Gasteiger partial charge is 0.334 e. The maximum Gasteiger partial charge on any atom is 0.274 e. The van der Waals surface area contributed by atoms with Gasteiger partial charge in [-0.3, -0.25) is 19.7 Å². The number of hydrogen-bond donors (Lipinski definition) is 1. The molecule has 3 saturated heterocycles. The highest BCUT2D eigenvalue weighted by molar-refractivity contribution is 5.95. The molecule has 7 heteroatoms. The van der Waals surface area contributed by atoms with Crippen LogP contribution >= 0.6 is 0 Å². The van der Waals surface area contributed by atoms with E-state index in [1.54, 1.807) is 6.20 Å². The Morgan fingerprint density at radius 2 is 2.15 bits per heavy atom. The van der Waals surface area contributed by atoms with Gasteiger partial charge in [-0.25, -0.2) is 0 Å². The molecule has 27 heavy (non-hydrogen) atoms. The summed E-state index contributed by atoms with van der Waals surface area (Å²) in [6.45, 7) is 1.59. The van der Waals surface area contributed by atoms with E-state index in [1.165, 1.54) is 0 Å². The number of carbonyl (C=O) groups excluding carboxylic acids is 2. The van der Waals surface area contributed by atoms with Crippen LogP contribution in [0.2, 0.25) is 0 Å². The Labute approximate surface area is 157 Å². The van der Waals surface area contributed by atoms with E-state index in [0.29, 0.717) is 25.3 Å². The molecule has 0 spiro atoms. The number of H-pyrrole nitrogens is 1. The predicted molar refractivity (Wildman–Crippen MR) is 97.8 cm³/mol. The van der Waals surface area contributed by atoms with Gasteiger partial charge in [0.1, 0.15) is 0 Å². The SMILES string of the molecule is O=C(c1n[nH]c2c1CCC2)N1C[C@@H]2CC[C@H](C1)N(Cc1ccccn1)C2=O. The maximum atomic E-state index is 13.2. The van der Waals surface area contributed by atoms with Crippen molar-refractivity contribution in [3.8, 4) is 0 Å². The molecular formula is C20H23N5O2. The molecule has 0 radical (unpaired) electrons. The highest BCUT2D eigenvalue weighted by Gasteiger charge is 2.42. The Bertz CT molecular complexity index is 878. The maximum absolute atomic E-state index is 13.2. The van der Waals surface area contributed by atoms with Gasteiger partial charge in [-0.15, -0.1) is 0 Å². The first-order valence-corrected chi connectivity index (χ1v) is 9.76. The van der Waals surface area contributed by atoms with Crippen molar-refractivity contribution in [3.63, 3.8) is 0 Å². The fraction of sp³-hybridized carbons (Fsp3) is 0.500. The van der Waals surface area contributed by atoms with Gasteiger partial charge in [0.2, 0.25) is 5.91 Å². The lowest BCUT2D eigenvalue weighted by Crippen LogP contribution is -2.47. The number of aryl methyl sites for hydroxylation is 1. The quantitative estimate of drug-likeness (QED) is 0.895. The third kappa shape index (κ3) is 2.81. The number of aromatic amines is 1. The molecule has 140 valence electrons. The van der Waals surface area contributed by atoms with Crippen molar-refractivity contribution in [2.24, 2.45) is 5.92 Å². The fourth-order valence-corrected chi connectivity index (χ4v) is 4.73. The Hall–Kier alpha value is -2.70. The second-order valence-electron chi connectivity index (χ2n) is 7.81. The van der Waals surface area contributed by atoms with E-state index in [4.69, 9.17) is 0 Å². The van der Waals surface area contributed by atoms with E-state index in [2.05, 4.69) is 15.2 Å². The molecule has 2 aromatic rings. The Balaban J connectivity index is 1.38. The number of rotatable bonds is 3. The van der Waals surface area contributed by atoms with Crippen LogP contribution in [0.1, 0.15) is 46.7 Å². The average molecular weight is 365 g/mol. The Kier molecular flexibility index (Phi) is 3.95. The van der Waals surface area contributed by atoms with Crippen LogP contribution < -0.4 is 0 Å². The standard InChI is InChI=1S/C20H23N5O2/c26-19-13-7-8-15(25(19)11-14-4-1-2-9-21-14)12-24(10-13)20(27)18-16-5-3-6-17(16)22-23-18/h1-2,4,9,13,15H,3,5-8,10-12H2,(H,22,23)/t13-,15+/m0/s1. The van der Waals surface area contributed by atoms with Crippen LogP contribution in [0, 0.1) is 5.92 Å². The summed E-state index contributed by atoms with van der Waals surface area (Å²) in [4.78, 5) is 34.3. The number of fused-ring (bicyclic) bond motifs is 5. The summed E-state index contributed by atoms with van der Waals surface area (Å²) in [6, 6.07) is 5.82. The van der Waals surface area contributed by atoms with Crippen LogP contribution in [0.15, 0.2) is 24.4 Å². The van der Waals surface area contributed by atoms with Gasteiger partial charge in [-0.2, -0.15) is 5.10 Å². The molecule has 7 nitrogen and oxygen atoms in total. The first kappa shape index (κ1) is 16.5. The second-order valence-corrected chi connectivity index (χ2v) is 7.81. The zero-order valence-corrected chi connectivity index (χ0v) is 15.2. The van der Waals surface area contributed by atoms with Crippen molar-refractivity contribution in [2.75, 3.05) is 13.1 Å². The van der Waals surface area contributed by atoms with Crippen molar-refractivity contribution in [2.45, 2.75) is 44.7 Å². The van der Waals surface area contributed by atoms with Crippen molar-refractivity contribution >= 4 is 11.8 Å². The molecule has 0 saturated carbocycles. The summed E-state index contributed by atoms with van der Waals surface area (Å²) < 4.78 is 0. The van der Waals surface area contributed by atoms with Crippen LogP contribution in [0.3, 0.4) is 0 Å². The molecule has 2 atom stereocenters. The van der Waals surface area contributed by atoms with E-state index < -0.39 is 0 Å². The number of piperidine rings is 1. The highest BCUT2D eigenvalue weighted by atomic mass is 16.2. The fourth-order valence-electron chi connectivity index (χ4n) is 4.73. The molecular weight excluding hydrogens is 342 g/mol. The van der Waals surface area contributed by atoms with Gasteiger partial charge in [0, 0.05) is 36.6 Å². The molecule has 0 unspecified atom stereocenters. The van der Waals surface area contributed by atoms with Crippen LogP contribution in [-0.4, -0.2) is 55.9 Å². The molecule has 2 amide bonds. The molecule has 2 bridgehead atoms. The van der Waals surface area contributed by atoms with Crippen LogP contribution in [-0.2, 0) is 24.2 Å². The number of pyridine rings is 1. The summed E-state index contributed by atoms with van der Waals surface area (Å²) in [5.41, 5.74) is 3.63. The first-order chi connectivity index (χ1) is 13.2. The van der Waals surface area contributed by atoms with Gasteiger partial charge in [0.05, 0.1) is 18.2 Å². The van der Waals surface area contributed by atoms with Crippen molar-refractivity contribution in [1.29, 1.82) is 0 Å². The zero-order chi connectivity index (χ0) is 18.4. The van der Waals surface area contributed by atoms with Crippen LogP contribution in [0.25, 0.3) is 0 Å². The first-order valence-electron chi connectivity index (χ1n) is 9.76. The number of hydrogen-bond acceptors (Lipinski definition) is 4. The lowest BCUT2D eigenvalue weighted by molar-refractivity contribution is -0.140. The van der Waals surface area contributed by atoms with E-state index in [1.807, 2.05) is 28.0 Å². The zero-order valence-electron chi connectivity index (χ0n) is 15.2. The van der Waals surface area contributed by atoms with Gasteiger partial charge in [0.15, 0.2) is 5.69 Å². The second kappa shape index (κ2) is 6.48. The van der Waals surface area contributed by atoms with Crippen LogP contribution in [0.4, 0.5) is 0 Å². The van der Waals surface area contributed by atoms with Gasteiger partial charge < -0.3 is 9.80 Å². The van der Waals surface area contributed by atoms with Crippen LogP contribution in [0.5, 0.6) is 0 Å². The summed E-state index contributed by atoms with van der Waals surface area (Å²) in [5.74, 6) is 0.00153.